The minimum atomic E-state index is -0.0751. The Morgan fingerprint density at radius 2 is 1.91 bits per heavy atom. The van der Waals surface area contributed by atoms with Gasteiger partial charge in [0.15, 0.2) is 0 Å². The molecule has 1 fully saturated rings. The van der Waals surface area contributed by atoms with E-state index < -0.39 is 0 Å². The molecule has 1 aliphatic rings. The summed E-state index contributed by atoms with van der Waals surface area (Å²) in [5.74, 6) is 0.660. The third kappa shape index (κ3) is 1.85. The normalized spacial score (nSPS) is 16.7. The lowest BCUT2D eigenvalue weighted by Gasteiger charge is -2.48. The van der Waals surface area contributed by atoms with E-state index in [-0.39, 0.29) is 11.0 Å². The molecule has 1 saturated heterocycles. The van der Waals surface area contributed by atoms with Crippen LogP contribution in [0.1, 0.15) is 12.5 Å². The average Bonchev–Trinajstić information content (AvgIpc) is 2.87. The first-order valence-electron chi connectivity index (χ1n) is 7.43. The van der Waals surface area contributed by atoms with Gasteiger partial charge in [0.2, 0.25) is 5.95 Å². The van der Waals surface area contributed by atoms with Crippen molar-refractivity contribution in [3.05, 3.63) is 58.5 Å². The molecular weight excluding hydrogens is 276 g/mol. The van der Waals surface area contributed by atoms with E-state index in [1.165, 1.54) is 5.56 Å². The molecule has 0 amide bonds. The van der Waals surface area contributed by atoms with Crippen LogP contribution in [0.25, 0.3) is 11.0 Å². The molecule has 4 rings (SSSR count). The zero-order chi connectivity index (χ0) is 15.3. The Morgan fingerprint density at radius 1 is 1.18 bits per heavy atom. The lowest BCUT2D eigenvalue weighted by molar-refractivity contribution is 0.358. The van der Waals surface area contributed by atoms with Crippen LogP contribution in [0.3, 0.4) is 0 Å². The number of nitrogens with zero attached hydrogens (tertiary/aromatic N) is 3. The Kier molecular flexibility index (Phi) is 2.66. The maximum atomic E-state index is 12.2. The summed E-state index contributed by atoms with van der Waals surface area (Å²) in [6.45, 7) is 3.96. The second-order valence-corrected chi connectivity index (χ2v) is 6.34. The molecule has 0 aliphatic carbocycles. The third-order valence-electron chi connectivity index (χ3n) is 4.57. The van der Waals surface area contributed by atoms with Crippen molar-refractivity contribution in [3.8, 4) is 0 Å². The molecular formula is C17H18N4O. The molecule has 3 heterocycles. The highest BCUT2D eigenvalue weighted by atomic mass is 16.1. The summed E-state index contributed by atoms with van der Waals surface area (Å²) < 4.78 is 1.88. The van der Waals surface area contributed by atoms with E-state index in [0.29, 0.717) is 11.3 Å². The van der Waals surface area contributed by atoms with Crippen molar-refractivity contribution in [2.75, 3.05) is 18.0 Å². The molecule has 0 radical (unpaired) electrons. The Morgan fingerprint density at radius 3 is 2.64 bits per heavy atom. The van der Waals surface area contributed by atoms with Crippen molar-refractivity contribution < 1.29 is 0 Å². The van der Waals surface area contributed by atoms with Crippen LogP contribution in [0.2, 0.25) is 0 Å². The first-order chi connectivity index (χ1) is 10.6. The Hall–Kier alpha value is -2.56. The zero-order valence-electron chi connectivity index (χ0n) is 12.7. The maximum Gasteiger partial charge on any atom is 0.261 e. The van der Waals surface area contributed by atoms with E-state index in [4.69, 9.17) is 0 Å². The number of hydrogen-bond donors (Lipinski definition) is 1. The van der Waals surface area contributed by atoms with Crippen LogP contribution in [0.15, 0.2) is 47.4 Å². The minimum absolute atomic E-state index is 0.0751. The number of rotatable bonds is 2. The predicted molar refractivity (Wildman–Crippen MR) is 87.3 cm³/mol. The molecule has 0 saturated carbocycles. The van der Waals surface area contributed by atoms with Gasteiger partial charge in [-0.25, -0.2) is 0 Å². The number of anilines is 1. The fourth-order valence-corrected chi connectivity index (χ4v) is 3.25. The minimum Gasteiger partial charge on any atom is -0.340 e. The molecule has 3 aromatic rings. The number of aromatic amines is 1. The highest BCUT2D eigenvalue weighted by molar-refractivity contribution is 5.76. The molecule has 1 N–H and O–H groups in total. The smallest absolute Gasteiger partial charge is 0.261 e. The van der Waals surface area contributed by atoms with E-state index >= 15 is 0 Å². The first kappa shape index (κ1) is 13.1. The van der Waals surface area contributed by atoms with E-state index in [0.717, 1.165) is 18.7 Å². The second kappa shape index (κ2) is 4.47. The van der Waals surface area contributed by atoms with Gasteiger partial charge in [-0.2, -0.15) is 4.98 Å². The van der Waals surface area contributed by atoms with Crippen molar-refractivity contribution in [1.82, 2.24) is 14.5 Å². The maximum absolute atomic E-state index is 12.2. The van der Waals surface area contributed by atoms with Crippen molar-refractivity contribution in [2.45, 2.75) is 12.3 Å². The standard InChI is InChI=1S/C17H18N4O/c1-17(12-6-4-3-5-7-12)10-21(11-17)16-18-14-13(15(22)19-16)8-9-20(14)2/h3-9H,10-11H2,1-2H3,(H,18,19,22). The van der Waals surface area contributed by atoms with Crippen molar-refractivity contribution in [2.24, 2.45) is 7.05 Å². The van der Waals surface area contributed by atoms with Gasteiger partial charge in [0.05, 0.1) is 5.39 Å². The van der Waals surface area contributed by atoms with Crippen LogP contribution in [-0.2, 0) is 12.5 Å². The molecule has 2 aromatic heterocycles. The molecule has 0 atom stereocenters. The van der Waals surface area contributed by atoms with Crippen LogP contribution >= 0.6 is 0 Å². The van der Waals surface area contributed by atoms with Gasteiger partial charge < -0.3 is 9.47 Å². The fourth-order valence-electron chi connectivity index (χ4n) is 3.25. The van der Waals surface area contributed by atoms with Gasteiger partial charge in [0.25, 0.3) is 5.56 Å². The van der Waals surface area contributed by atoms with Crippen molar-refractivity contribution >= 4 is 17.0 Å². The van der Waals surface area contributed by atoms with Crippen LogP contribution in [-0.4, -0.2) is 27.6 Å². The summed E-state index contributed by atoms with van der Waals surface area (Å²) in [6, 6.07) is 12.3. The van der Waals surface area contributed by atoms with Crippen molar-refractivity contribution in [3.63, 3.8) is 0 Å². The van der Waals surface area contributed by atoms with Gasteiger partial charge >= 0.3 is 0 Å². The summed E-state index contributed by atoms with van der Waals surface area (Å²) in [4.78, 5) is 21.8. The summed E-state index contributed by atoms with van der Waals surface area (Å²) in [5.41, 5.74) is 2.10. The monoisotopic (exact) mass is 294 g/mol. The number of aryl methyl sites for hydroxylation is 1. The Bertz CT molecular complexity index is 888. The SMILES string of the molecule is Cn1ccc2c(=O)[nH]c(N3CC(C)(c4ccccc4)C3)nc21. The largest absolute Gasteiger partial charge is 0.340 e. The molecule has 0 unspecified atom stereocenters. The van der Waals surface area contributed by atoms with E-state index in [1.54, 1.807) is 6.07 Å². The van der Waals surface area contributed by atoms with Crippen LogP contribution in [0.4, 0.5) is 5.95 Å². The molecule has 1 aliphatic heterocycles. The second-order valence-electron chi connectivity index (χ2n) is 6.34. The first-order valence-corrected chi connectivity index (χ1v) is 7.43. The summed E-state index contributed by atoms with van der Waals surface area (Å²) in [5, 5.41) is 0.637. The highest BCUT2D eigenvalue weighted by Crippen LogP contribution is 2.35. The van der Waals surface area contributed by atoms with Crippen LogP contribution in [0.5, 0.6) is 0 Å². The van der Waals surface area contributed by atoms with Gasteiger partial charge in [-0.05, 0) is 11.6 Å². The van der Waals surface area contributed by atoms with Gasteiger partial charge in [-0.1, -0.05) is 37.3 Å². The lowest BCUT2D eigenvalue weighted by atomic mass is 9.76. The van der Waals surface area contributed by atoms with E-state index in [1.807, 2.05) is 23.9 Å². The molecule has 112 valence electrons. The molecule has 1 aromatic carbocycles. The summed E-state index contributed by atoms with van der Waals surface area (Å²) in [7, 11) is 1.91. The molecule has 0 bridgehead atoms. The predicted octanol–water partition coefficient (Wildman–Crippen LogP) is 2.04. The average molecular weight is 294 g/mol. The van der Waals surface area contributed by atoms with Crippen molar-refractivity contribution in [1.29, 1.82) is 0 Å². The molecule has 5 nitrogen and oxygen atoms in total. The number of H-pyrrole nitrogens is 1. The van der Waals surface area contributed by atoms with Crippen LogP contribution < -0.4 is 10.5 Å². The molecule has 0 spiro atoms. The van der Waals surface area contributed by atoms with Crippen LogP contribution in [0, 0.1) is 0 Å². The number of fused-ring (bicyclic) bond motifs is 1. The fraction of sp³-hybridized carbons (Fsp3) is 0.294. The molecule has 22 heavy (non-hydrogen) atoms. The van der Waals surface area contributed by atoms with Gasteiger partial charge in [0.1, 0.15) is 5.65 Å². The number of benzene rings is 1. The Labute approximate surface area is 128 Å². The van der Waals surface area contributed by atoms with E-state index in [2.05, 4.69) is 46.1 Å². The Balaban J connectivity index is 1.66. The molecule has 5 heteroatoms. The summed E-state index contributed by atoms with van der Waals surface area (Å²) in [6.07, 6.45) is 1.86. The van der Waals surface area contributed by atoms with Gasteiger partial charge in [0, 0.05) is 31.7 Å². The topological polar surface area (TPSA) is 53.9 Å². The number of hydrogen-bond acceptors (Lipinski definition) is 3. The van der Waals surface area contributed by atoms with E-state index in [9.17, 15) is 4.79 Å². The third-order valence-corrected chi connectivity index (χ3v) is 4.57. The summed E-state index contributed by atoms with van der Waals surface area (Å²) >= 11 is 0. The lowest BCUT2D eigenvalue weighted by Crippen LogP contribution is -2.58. The zero-order valence-corrected chi connectivity index (χ0v) is 12.7. The quantitative estimate of drug-likeness (QED) is 0.787. The highest BCUT2D eigenvalue weighted by Gasteiger charge is 2.41. The number of nitrogens with one attached hydrogen (secondary N) is 1. The van der Waals surface area contributed by atoms with Gasteiger partial charge in [-0.3, -0.25) is 9.78 Å². The number of aromatic nitrogens is 3. The van der Waals surface area contributed by atoms with Gasteiger partial charge in [-0.15, -0.1) is 0 Å².